The molecule has 0 aliphatic heterocycles. The summed E-state index contributed by atoms with van der Waals surface area (Å²) in [6.45, 7) is 4.32. The minimum Gasteiger partial charge on any atom is -0.394 e. The van der Waals surface area contributed by atoms with Crippen LogP contribution in [-0.2, 0) is 4.79 Å². The third-order valence-electron chi connectivity index (χ3n) is 12.9. The third kappa shape index (κ3) is 49.5. The van der Waals surface area contributed by atoms with Gasteiger partial charge in [0.15, 0.2) is 0 Å². The molecule has 0 saturated carbocycles. The number of carbonyl (C=O) groups excluding carboxylic acids is 1. The van der Waals surface area contributed by atoms with E-state index in [4.69, 9.17) is 0 Å². The van der Waals surface area contributed by atoms with Crippen LogP contribution in [-0.4, -0.2) is 34.9 Å². The van der Waals surface area contributed by atoms with Gasteiger partial charge in [0.05, 0.1) is 18.8 Å². The standard InChI is InChI=1S/C57H109NO3/c1-3-5-7-9-11-13-15-17-19-21-22-23-24-25-26-27-28-29-30-31-32-33-34-35-36-37-39-41-43-45-47-49-51-53-57(61)58-55(54-59)56(60)52-50-48-46-44-42-40-38-20-18-16-14-12-10-8-6-4-2/h15,17,21-22,50,52,55-56,59-60H,3-14,16,18-20,23-49,51,53-54H2,1-2H3,(H,58,61)/b17-15-,22-21-,52-50+. The Balaban J connectivity index is 3.43. The Hall–Kier alpha value is -1.39. The van der Waals surface area contributed by atoms with Crippen LogP contribution in [0, 0.1) is 0 Å². The van der Waals surface area contributed by atoms with Crippen molar-refractivity contribution in [3.05, 3.63) is 36.5 Å². The molecule has 0 radical (unpaired) electrons. The molecule has 2 unspecified atom stereocenters. The SMILES string of the molecule is CCCCCCC/C=C\C/C=C\CCCCCCCCCCCCCCCCCCCCCCCC(=O)NC(CO)C(O)/C=C/CCCCCCCCCCCCCCCC. The number of hydrogen-bond donors (Lipinski definition) is 3. The van der Waals surface area contributed by atoms with Gasteiger partial charge in [0.25, 0.3) is 0 Å². The Morgan fingerprint density at radius 1 is 0.393 bits per heavy atom. The van der Waals surface area contributed by atoms with E-state index < -0.39 is 12.1 Å². The maximum Gasteiger partial charge on any atom is 0.220 e. The Morgan fingerprint density at radius 3 is 0.984 bits per heavy atom. The van der Waals surface area contributed by atoms with E-state index in [1.165, 1.54) is 250 Å². The number of hydrogen-bond acceptors (Lipinski definition) is 3. The van der Waals surface area contributed by atoms with E-state index in [2.05, 4.69) is 43.5 Å². The van der Waals surface area contributed by atoms with Gasteiger partial charge in [-0.2, -0.15) is 0 Å². The van der Waals surface area contributed by atoms with Crippen molar-refractivity contribution in [3.8, 4) is 0 Å². The molecule has 61 heavy (non-hydrogen) atoms. The van der Waals surface area contributed by atoms with Crippen molar-refractivity contribution in [2.24, 2.45) is 0 Å². The molecule has 0 fully saturated rings. The minimum absolute atomic E-state index is 0.0591. The summed E-state index contributed by atoms with van der Waals surface area (Å²) >= 11 is 0. The fraction of sp³-hybridized carbons (Fsp3) is 0.877. The quantitative estimate of drug-likeness (QED) is 0.0422. The molecular formula is C57H109NO3. The first-order valence-corrected chi connectivity index (χ1v) is 27.7. The van der Waals surface area contributed by atoms with E-state index in [0.29, 0.717) is 6.42 Å². The second kappa shape index (κ2) is 53.0. The van der Waals surface area contributed by atoms with Crippen molar-refractivity contribution in [2.45, 2.75) is 315 Å². The number of allylic oxidation sites excluding steroid dienone is 5. The van der Waals surface area contributed by atoms with Crippen LogP contribution >= 0.6 is 0 Å². The van der Waals surface area contributed by atoms with Crippen molar-refractivity contribution >= 4 is 5.91 Å². The van der Waals surface area contributed by atoms with Gasteiger partial charge in [0, 0.05) is 6.42 Å². The van der Waals surface area contributed by atoms with Crippen molar-refractivity contribution in [1.82, 2.24) is 5.32 Å². The van der Waals surface area contributed by atoms with Crippen molar-refractivity contribution in [1.29, 1.82) is 0 Å². The zero-order valence-corrected chi connectivity index (χ0v) is 41.4. The Bertz CT molecular complexity index is 928. The first kappa shape index (κ1) is 59.6. The predicted molar refractivity (Wildman–Crippen MR) is 272 cm³/mol. The van der Waals surface area contributed by atoms with E-state index in [-0.39, 0.29) is 12.5 Å². The molecule has 0 aliphatic rings. The van der Waals surface area contributed by atoms with E-state index in [1.54, 1.807) is 6.08 Å². The summed E-state index contributed by atoms with van der Waals surface area (Å²) in [5.41, 5.74) is 0. The van der Waals surface area contributed by atoms with Crippen LogP contribution in [0.4, 0.5) is 0 Å². The van der Waals surface area contributed by atoms with Crippen LogP contribution in [0.25, 0.3) is 0 Å². The maximum absolute atomic E-state index is 12.5. The fourth-order valence-electron chi connectivity index (χ4n) is 8.62. The lowest BCUT2D eigenvalue weighted by Crippen LogP contribution is -2.45. The average molecular weight is 857 g/mol. The number of aliphatic hydroxyl groups is 2. The van der Waals surface area contributed by atoms with Gasteiger partial charge >= 0.3 is 0 Å². The van der Waals surface area contributed by atoms with E-state index in [9.17, 15) is 15.0 Å². The molecule has 3 N–H and O–H groups in total. The summed E-state index contributed by atoms with van der Waals surface area (Å²) in [6.07, 6.45) is 71.6. The number of rotatable bonds is 51. The van der Waals surface area contributed by atoms with E-state index in [0.717, 1.165) is 32.1 Å². The summed E-state index contributed by atoms with van der Waals surface area (Å²) < 4.78 is 0. The molecule has 0 aromatic carbocycles. The minimum atomic E-state index is -0.837. The van der Waals surface area contributed by atoms with Crippen molar-refractivity contribution < 1.29 is 15.0 Å². The van der Waals surface area contributed by atoms with Gasteiger partial charge in [-0.05, 0) is 51.4 Å². The zero-order chi connectivity index (χ0) is 44.2. The number of amides is 1. The third-order valence-corrected chi connectivity index (χ3v) is 12.9. The summed E-state index contributed by atoms with van der Waals surface area (Å²) in [6, 6.07) is -0.620. The van der Waals surface area contributed by atoms with E-state index >= 15 is 0 Å². The molecule has 0 rings (SSSR count). The summed E-state index contributed by atoms with van der Waals surface area (Å²) in [7, 11) is 0. The summed E-state index contributed by atoms with van der Waals surface area (Å²) in [4.78, 5) is 12.5. The Kier molecular flexibility index (Phi) is 51.7. The second-order valence-corrected chi connectivity index (χ2v) is 19.0. The molecule has 0 heterocycles. The zero-order valence-electron chi connectivity index (χ0n) is 41.4. The van der Waals surface area contributed by atoms with Crippen molar-refractivity contribution in [2.75, 3.05) is 6.61 Å². The average Bonchev–Trinajstić information content (AvgIpc) is 3.26. The van der Waals surface area contributed by atoms with Gasteiger partial charge in [-0.3, -0.25) is 4.79 Å². The normalized spacial score (nSPS) is 13.0. The summed E-state index contributed by atoms with van der Waals surface area (Å²) in [5.74, 6) is -0.0591. The highest BCUT2D eigenvalue weighted by Crippen LogP contribution is 2.17. The molecule has 0 bridgehead atoms. The van der Waals surface area contributed by atoms with Crippen LogP contribution in [0.15, 0.2) is 36.5 Å². The van der Waals surface area contributed by atoms with Crippen LogP contribution in [0.5, 0.6) is 0 Å². The molecule has 0 spiro atoms. The van der Waals surface area contributed by atoms with Crippen LogP contribution in [0.3, 0.4) is 0 Å². The van der Waals surface area contributed by atoms with Crippen LogP contribution < -0.4 is 5.32 Å². The highest BCUT2D eigenvalue weighted by Gasteiger charge is 2.18. The van der Waals surface area contributed by atoms with Gasteiger partial charge in [-0.1, -0.05) is 281 Å². The fourth-order valence-corrected chi connectivity index (χ4v) is 8.62. The molecule has 0 aromatic heterocycles. The maximum atomic E-state index is 12.5. The number of carbonyl (C=O) groups is 1. The molecular weight excluding hydrogens is 747 g/mol. The first-order chi connectivity index (χ1) is 30.2. The van der Waals surface area contributed by atoms with Crippen LogP contribution in [0.2, 0.25) is 0 Å². The highest BCUT2D eigenvalue weighted by molar-refractivity contribution is 5.76. The van der Waals surface area contributed by atoms with Gasteiger partial charge in [-0.25, -0.2) is 0 Å². The van der Waals surface area contributed by atoms with Gasteiger partial charge in [-0.15, -0.1) is 0 Å². The smallest absolute Gasteiger partial charge is 0.220 e. The molecule has 4 nitrogen and oxygen atoms in total. The van der Waals surface area contributed by atoms with Crippen LogP contribution in [0.1, 0.15) is 303 Å². The topological polar surface area (TPSA) is 69.6 Å². The largest absolute Gasteiger partial charge is 0.394 e. The highest BCUT2D eigenvalue weighted by atomic mass is 16.3. The van der Waals surface area contributed by atoms with Crippen molar-refractivity contribution in [3.63, 3.8) is 0 Å². The molecule has 0 saturated heterocycles. The Labute approximate surface area is 382 Å². The number of nitrogens with one attached hydrogen (secondary N) is 1. The van der Waals surface area contributed by atoms with Gasteiger partial charge in [0.2, 0.25) is 5.91 Å². The lowest BCUT2D eigenvalue weighted by Gasteiger charge is -2.20. The molecule has 0 aromatic rings. The van der Waals surface area contributed by atoms with Gasteiger partial charge in [0.1, 0.15) is 0 Å². The monoisotopic (exact) mass is 856 g/mol. The lowest BCUT2D eigenvalue weighted by molar-refractivity contribution is -0.123. The molecule has 0 aliphatic carbocycles. The molecule has 2 atom stereocenters. The lowest BCUT2D eigenvalue weighted by atomic mass is 10.0. The van der Waals surface area contributed by atoms with E-state index in [1.807, 2.05) is 6.08 Å². The number of unbranched alkanes of at least 4 members (excludes halogenated alkanes) is 40. The summed E-state index contributed by atoms with van der Waals surface area (Å²) in [5, 5.41) is 23.1. The Morgan fingerprint density at radius 2 is 0.672 bits per heavy atom. The molecule has 360 valence electrons. The first-order valence-electron chi connectivity index (χ1n) is 27.7. The van der Waals surface area contributed by atoms with Gasteiger partial charge < -0.3 is 15.5 Å². The number of aliphatic hydroxyl groups excluding tert-OH is 2. The predicted octanol–water partition coefficient (Wildman–Crippen LogP) is 18.1. The second-order valence-electron chi connectivity index (χ2n) is 19.0. The molecule has 4 heteroatoms. The molecule has 1 amide bonds.